The van der Waals surface area contributed by atoms with Gasteiger partial charge in [-0.1, -0.05) is 0 Å². The Morgan fingerprint density at radius 1 is 1.50 bits per heavy atom. The molecule has 1 aliphatic carbocycles. The van der Waals surface area contributed by atoms with E-state index in [2.05, 4.69) is 15.9 Å². The van der Waals surface area contributed by atoms with Crippen LogP contribution in [-0.4, -0.2) is 18.4 Å². The molecule has 1 saturated carbocycles. The van der Waals surface area contributed by atoms with E-state index in [1.807, 2.05) is 0 Å². The van der Waals surface area contributed by atoms with Gasteiger partial charge in [0.2, 0.25) is 0 Å². The number of hydrogen-bond donors (Lipinski definition) is 1. The van der Waals surface area contributed by atoms with E-state index in [-0.39, 0.29) is 30.4 Å². The topological polar surface area (TPSA) is 52.3 Å². The minimum absolute atomic E-state index is 0.135. The number of ketones is 1. The van der Waals surface area contributed by atoms with Crippen molar-refractivity contribution in [2.75, 3.05) is 6.54 Å². The first-order valence-corrected chi connectivity index (χ1v) is 6.80. The third kappa shape index (κ3) is 2.90. The van der Waals surface area contributed by atoms with Crippen LogP contribution in [-0.2, 0) is 0 Å². The van der Waals surface area contributed by atoms with Gasteiger partial charge in [0.05, 0.1) is 16.1 Å². The Morgan fingerprint density at radius 3 is 2.78 bits per heavy atom. The standard InChI is InChI=1S/C13H15BrFNO2/c14-11-7-8(15)6-10(12(17)4-5-16)13(11)18-9-2-1-3-9/h6-7,9H,1-5,16H2. The van der Waals surface area contributed by atoms with Crippen LogP contribution in [0.1, 0.15) is 36.0 Å². The van der Waals surface area contributed by atoms with Crippen LogP contribution in [0.25, 0.3) is 0 Å². The SMILES string of the molecule is NCCC(=O)c1cc(F)cc(Br)c1OC1CCC1. The van der Waals surface area contributed by atoms with Gasteiger partial charge in [0.1, 0.15) is 11.6 Å². The summed E-state index contributed by atoms with van der Waals surface area (Å²) in [7, 11) is 0. The highest BCUT2D eigenvalue weighted by atomic mass is 79.9. The summed E-state index contributed by atoms with van der Waals surface area (Å²) in [6.07, 6.45) is 3.42. The number of halogens is 2. The molecule has 18 heavy (non-hydrogen) atoms. The van der Waals surface area contributed by atoms with E-state index in [4.69, 9.17) is 10.5 Å². The Morgan fingerprint density at radius 2 is 2.22 bits per heavy atom. The fourth-order valence-corrected chi connectivity index (χ4v) is 2.33. The molecule has 0 unspecified atom stereocenters. The van der Waals surface area contributed by atoms with Gasteiger partial charge in [-0.25, -0.2) is 4.39 Å². The number of nitrogens with two attached hydrogens (primary N) is 1. The highest BCUT2D eigenvalue weighted by molar-refractivity contribution is 9.10. The van der Waals surface area contributed by atoms with Crippen LogP contribution < -0.4 is 10.5 Å². The van der Waals surface area contributed by atoms with Crippen LogP contribution >= 0.6 is 15.9 Å². The molecule has 0 bridgehead atoms. The van der Waals surface area contributed by atoms with Crippen molar-refractivity contribution in [3.8, 4) is 5.75 Å². The lowest BCUT2D eigenvalue weighted by Crippen LogP contribution is -2.26. The molecule has 0 aliphatic heterocycles. The van der Waals surface area contributed by atoms with Crippen LogP contribution in [0.3, 0.4) is 0 Å². The van der Waals surface area contributed by atoms with E-state index in [0.29, 0.717) is 10.2 Å². The fraction of sp³-hybridized carbons (Fsp3) is 0.462. The Balaban J connectivity index is 2.31. The maximum atomic E-state index is 13.4. The number of carbonyl (C=O) groups excluding carboxylic acids is 1. The highest BCUT2D eigenvalue weighted by Crippen LogP contribution is 2.35. The molecule has 0 amide bonds. The minimum atomic E-state index is -0.455. The van der Waals surface area contributed by atoms with Gasteiger partial charge < -0.3 is 10.5 Å². The van der Waals surface area contributed by atoms with Gasteiger partial charge in [0, 0.05) is 6.42 Å². The molecular weight excluding hydrogens is 301 g/mol. The molecule has 1 fully saturated rings. The first-order valence-electron chi connectivity index (χ1n) is 6.00. The van der Waals surface area contributed by atoms with Gasteiger partial charge in [-0.3, -0.25) is 4.79 Å². The van der Waals surface area contributed by atoms with E-state index in [1.54, 1.807) is 0 Å². The average Bonchev–Trinajstić information content (AvgIpc) is 2.24. The molecule has 2 N–H and O–H groups in total. The van der Waals surface area contributed by atoms with Crippen molar-refractivity contribution in [3.05, 3.63) is 28.0 Å². The van der Waals surface area contributed by atoms with E-state index in [0.717, 1.165) is 19.3 Å². The van der Waals surface area contributed by atoms with Crippen molar-refractivity contribution < 1.29 is 13.9 Å². The molecule has 1 aromatic rings. The molecule has 0 atom stereocenters. The van der Waals surface area contributed by atoms with Crippen molar-refractivity contribution in [2.24, 2.45) is 5.73 Å². The second-order valence-corrected chi connectivity index (χ2v) is 5.25. The summed E-state index contributed by atoms with van der Waals surface area (Å²) in [5.41, 5.74) is 5.64. The number of Topliss-reactive ketones (excluding diaryl/α,β-unsaturated/α-hetero) is 1. The molecule has 0 spiro atoms. The summed E-state index contributed by atoms with van der Waals surface area (Å²) in [5.74, 6) is -0.199. The van der Waals surface area contributed by atoms with Crippen molar-refractivity contribution >= 4 is 21.7 Å². The first-order chi connectivity index (χ1) is 8.61. The molecule has 3 nitrogen and oxygen atoms in total. The molecule has 5 heteroatoms. The zero-order valence-corrected chi connectivity index (χ0v) is 11.5. The fourth-order valence-electron chi connectivity index (χ4n) is 1.81. The molecule has 0 radical (unpaired) electrons. The Labute approximate surface area is 114 Å². The van der Waals surface area contributed by atoms with Crippen LogP contribution in [0, 0.1) is 5.82 Å². The van der Waals surface area contributed by atoms with E-state index in [9.17, 15) is 9.18 Å². The van der Waals surface area contributed by atoms with Gasteiger partial charge in [0.25, 0.3) is 0 Å². The van der Waals surface area contributed by atoms with E-state index in [1.165, 1.54) is 12.1 Å². The predicted octanol–water partition coefficient (Wildman–Crippen LogP) is 3.05. The predicted molar refractivity (Wildman–Crippen MR) is 70.4 cm³/mol. The molecule has 2 rings (SSSR count). The number of carbonyl (C=O) groups is 1. The summed E-state index contributed by atoms with van der Waals surface area (Å²) >= 11 is 3.25. The molecule has 0 aromatic heterocycles. The van der Waals surface area contributed by atoms with Gasteiger partial charge in [-0.15, -0.1) is 0 Å². The average molecular weight is 316 g/mol. The third-order valence-electron chi connectivity index (χ3n) is 3.02. The van der Waals surface area contributed by atoms with Gasteiger partial charge in [-0.2, -0.15) is 0 Å². The second kappa shape index (κ2) is 5.80. The summed E-state index contributed by atoms with van der Waals surface area (Å²) in [6.45, 7) is 0.246. The Hall–Kier alpha value is -0.940. The summed E-state index contributed by atoms with van der Waals surface area (Å²) in [5, 5.41) is 0. The first kappa shape index (κ1) is 13.5. The van der Waals surface area contributed by atoms with Crippen molar-refractivity contribution in [3.63, 3.8) is 0 Å². The molecular formula is C13H15BrFNO2. The molecule has 0 heterocycles. The molecule has 1 aromatic carbocycles. The van der Waals surface area contributed by atoms with Crippen LogP contribution in [0.5, 0.6) is 5.75 Å². The lowest BCUT2D eigenvalue weighted by molar-refractivity contribution is 0.0955. The van der Waals surface area contributed by atoms with Gasteiger partial charge in [0.15, 0.2) is 5.78 Å². The number of rotatable bonds is 5. The monoisotopic (exact) mass is 315 g/mol. The number of benzene rings is 1. The largest absolute Gasteiger partial charge is 0.488 e. The molecule has 98 valence electrons. The number of ether oxygens (including phenoxy) is 1. The van der Waals surface area contributed by atoms with Gasteiger partial charge in [-0.05, 0) is 53.9 Å². The smallest absolute Gasteiger partial charge is 0.168 e. The second-order valence-electron chi connectivity index (χ2n) is 4.40. The zero-order chi connectivity index (χ0) is 13.1. The normalized spacial score (nSPS) is 15.3. The summed E-state index contributed by atoms with van der Waals surface area (Å²) < 4.78 is 19.6. The maximum absolute atomic E-state index is 13.4. The van der Waals surface area contributed by atoms with Crippen molar-refractivity contribution in [1.82, 2.24) is 0 Å². The quantitative estimate of drug-likeness (QED) is 0.850. The summed E-state index contributed by atoms with van der Waals surface area (Å²) in [4.78, 5) is 11.9. The van der Waals surface area contributed by atoms with Crippen molar-refractivity contribution in [2.45, 2.75) is 31.8 Å². The lowest BCUT2D eigenvalue weighted by Gasteiger charge is -2.28. The Kier molecular flexibility index (Phi) is 4.35. The zero-order valence-electron chi connectivity index (χ0n) is 9.92. The van der Waals surface area contributed by atoms with E-state index < -0.39 is 5.82 Å². The third-order valence-corrected chi connectivity index (χ3v) is 3.61. The van der Waals surface area contributed by atoms with Crippen LogP contribution in [0.15, 0.2) is 16.6 Å². The van der Waals surface area contributed by atoms with Gasteiger partial charge >= 0.3 is 0 Å². The molecule has 0 saturated heterocycles. The van der Waals surface area contributed by atoms with E-state index >= 15 is 0 Å². The maximum Gasteiger partial charge on any atom is 0.168 e. The number of hydrogen-bond acceptors (Lipinski definition) is 3. The van der Waals surface area contributed by atoms with Crippen LogP contribution in [0.4, 0.5) is 4.39 Å². The summed E-state index contributed by atoms with van der Waals surface area (Å²) in [6, 6.07) is 2.53. The van der Waals surface area contributed by atoms with Crippen molar-refractivity contribution in [1.29, 1.82) is 0 Å². The Bertz CT molecular complexity index is 461. The highest BCUT2D eigenvalue weighted by Gasteiger charge is 2.24. The minimum Gasteiger partial charge on any atom is -0.488 e. The van der Waals surface area contributed by atoms with Crippen LogP contribution in [0.2, 0.25) is 0 Å². The molecule has 1 aliphatic rings. The lowest BCUT2D eigenvalue weighted by atomic mass is 9.96.